The van der Waals surface area contributed by atoms with Crippen molar-refractivity contribution in [2.24, 2.45) is 0 Å². The number of carbonyl (C=O) groups excluding carboxylic acids is 1. The highest BCUT2D eigenvalue weighted by Gasteiger charge is 2.14. The number of carbonyl (C=O) groups is 1. The molecule has 0 atom stereocenters. The van der Waals surface area contributed by atoms with E-state index in [9.17, 15) is 4.79 Å². The van der Waals surface area contributed by atoms with Crippen LogP contribution >= 0.6 is 0 Å². The Kier molecular flexibility index (Phi) is 4.98. The number of nitrogens with two attached hydrogens (primary N) is 1. The van der Waals surface area contributed by atoms with Gasteiger partial charge in [0.25, 0.3) is 0 Å². The van der Waals surface area contributed by atoms with Gasteiger partial charge in [0, 0.05) is 12.2 Å². The smallest absolute Gasteiger partial charge is 0.407 e. The minimum Gasteiger partial charge on any atom is -0.444 e. The molecular weight excluding hydrogens is 240 g/mol. The SMILES string of the molecule is Cc1cc(C=CCNC(=O)OC(C)(C)C)ccc1N. The summed E-state index contributed by atoms with van der Waals surface area (Å²) in [6, 6.07) is 5.81. The lowest BCUT2D eigenvalue weighted by molar-refractivity contribution is 0.0534. The van der Waals surface area contributed by atoms with E-state index in [-0.39, 0.29) is 0 Å². The molecule has 1 amide bonds. The number of anilines is 1. The summed E-state index contributed by atoms with van der Waals surface area (Å²) in [6.45, 7) is 7.89. The molecule has 1 aromatic carbocycles. The van der Waals surface area contributed by atoms with Crippen LogP contribution in [0, 0.1) is 6.92 Å². The molecule has 0 saturated heterocycles. The molecule has 3 N–H and O–H groups in total. The number of rotatable bonds is 3. The zero-order valence-electron chi connectivity index (χ0n) is 12.0. The topological polar surface area (TPSA) is 64.3 Å². The van der Waals surface area contributed by atoms with Crippen molar-refractivity contribution in [3.05, 3.63) is 35.4 Å². The molecule has 0 heterocycles. The number of nitrogens with one attached hydrogen (secondary N) is 1. The Morgan fingerprint density at radius 2 is 2.11 bits per heavy atom. The van der Waals surface area contributed by atoms with Crippen molar-refractivity contribution in [2.45, 2.75) is 33.3 Å². The van der Waals surface area contributed by atoms with Gasteiger partial charge in [0.1, 0.15) is 5.60 Å². The molecule has 1 aromatic rings. The van der Waals surface area contributed by atoms with Gasteiger partial charge in [-0.3, -0.25) is 0 Å². The molecule has 0 aliphatic heterocycles. The highest BCUT2D eigenvalue weighted by molar-refractivity contribution is 5.68. The standard InChI is InChI=1S/C15H22N2O2/c1-11-10-12(7-8-13(11)16)6-5-9-17-14(18)19-15(2,3)4/h5-8,10H,9,16H2,1-4H3,(H,17,18). The number of hydrogen-bond donors (Lipinski definition) is 2. The van der Waals surface area contributed by atoms with E-state index in [1.54, 1.807) is 0 Å². The van der Waals surface area contributed by atoms with Crippen LogP contribution in [0.15, 0.2) is 24.3 Å². The minimum atomic E-state index is -0.470. The van der Waals surface area contributed by atoms with Crippen molar-refractivity contribution >= 4 is 17.9 Å². The van der Waals surface area contributed by atoms with E-state index in [0.29, 0.717) is 6.54 Å². The Morgan fingerprint density at radius 1 is 1.42 bits per heavy atom. The summed E-state index contributed by atoms with van der Waals surface area (Å²) in [7, 11) is 0. The number of hydrogen-bond acceptors (Lipinski definition) is 3. The Balaban J connectivity index is 2.42. The van der Waals surface area contributed by atoms with Crippen LogP contribution < -0.4 is 11.1 Å². The van der Waals surface area contributed by atoms with Gasteiger partial charge in [-0.15, -0.1) is 0 Å². The van der Waals surface area contributed by atoms with E-state index in [1.165, 1.54) is 0 Å². The maximum atomic E-state index is 11.4. The minimum absolute atomic E-state index is 0.411. The molecule has 0 aliphatic carbocycles. The summed E-state index contributed by atoms with van der Waals surface area (Å²) in [6.07, 6.45) is 3.39. The molecule has 0 aliphatic rings. The quantitative estimate of drug-likeness (QED) is 0.823. The third kappa shape index (κ3) is 5.95. The summed E-state index contributed by atoms with van der Waals surface area (Å²) in [5, 5.41) is 2.66. The normalized spacial score (nSPS) is 11.6. The van der Waals surface area contributed by atoms with E-state index in [0.717, 1.165) is 16.8 Å². The van der Waals surface area contributed by atoms with E-state index in [4.69, 9.17) is 10.5 Å². The molecule has 0 unspecified atom stereocenters. The molecule has 19 heavy (non-hydrogen) atoms. The molecule has 104 valence electrons. The van der Waals surface area contributed by atoms with Crippen LogP contribution in [0.5, 0.6) is 0 Å². The van der Waals surface area contributed by atoms with Gasteiger partial charge in [0.2, 0.25) is 0 Å². The molecule has 0 radical (unpaired) electrons. The fourth-order valence-electron chi connectivity index (χ4n) is 1.45. The molecular formula is C15H22N2O2. The summed E-state index contributed by atoms with van der Waals surface area (Å²) < 4.78 is 5.12. The first kappa shape index (κ1) is 15.1. The van der Waals surface area contributed by atoms with Crippen molar-refractivity contribution in [3.8, 4) is 0 Å². The Labute approximate surface area is 114 Å². The third-order valence-electron chi connectivity index (χ3n) is 2.37. The average Bonchev–Trinajstić information content (AvgIpc) is 2.27. The van der Waals surface area contributed by atoms with Crippen LogP contribution in [0.2, 0.25) is 0 Å². The lowest BCUT2D eigenvalue weighted by Crippen LogP contribution is -2.32. The van der Waals surface area contributed by atoms with Gasteiger partial charge < -0.3 is 15.8 Å². The highest BCUT2D eigenvalue weighted by Crippen LogP contribution is 2.13. The van der Waals surface area contributed by atoms with Crippen molar-refractivity contribution in [2.75, 3.05) is 12.3 Å². The lowest BCUT2D eigenvalue weighted by Gasteiger charge is -2.19. The third-order valence-corrected chi connectivity index (χ3v) is 2.37. The maximum Gasteiger partial charge on any atom is 0.407 e. The fourth-order valence-corrected chi connectivity index (χ4v) is 1.45. The first-order valence-electron chi connectivity index (χ1n) is 6.27. The summed E-state index contributed by atoms with van der Waals surface area (Å²) in [5.41, 5.74) is 8.15. The van der Waals surface area contributed by atoms with Crippen LogP contribution in [-0.4, -0.2) is 18.2 Å². The number of ether oxygens (including phenoxy) is 1. The van der Waals surface area contributed by atoms with E-state index >= 15 is 0 Å². The summed E-state index contributed by atoms with van der Waals surface area (Å²) in [5.74, 6) is 0. The summed E-state index contributed by atoms with van der Waals surface area (Å²) in [4.78, 5) is 11.4. The van der Waals surface area contributed by atoms with Crippen LogP contribution in [0.25, 0.3) is 6.08 Å². The van der Waals surface area contributed by atoms with Gasteiger partial charge in [-0.25, -0.2) is 4.79 Å². The van der Waals surface area contributed by atoms with Gasteiger partial charge in [-0.2, -0.15) is 0 Å². The zero-order valence-corrected chi connectivity index (χ0v) is 12.0. The molecule has 0 fully saturated rings. The predicted octanol–water partition coefficient (Wildman–Crippen LogP) is 3.12. The van der Waals surface area contributed by atoms with Gasteiger partial charge in [0.05, 0.1) is 0 Å². The molecule has 0 saturated carbocycles. The zero-order chi connectivity index (χ0) is 14.5. The number of amides is 1. The molecule has 0 bridgehead atoms. The van der Waals surface area contributed by atoms with E-state index in [2.05, 4.69) is 5.32 Å². The molecule has 0 spiro atoms. The Morgan fingerprint density at radius 3 is 2.68 bits per heavy atom. The van der Waals surface area contributed by atoms with Gasteiger partial charge in [-0.05, 0) is 44.9 Å². The number of alkyl carbamates (subject to hydrolysis) is 1. The second-order valence-corrected chi connectivity index (χ2v) is 5.40. The van der Waals surface area contributed by atoms with Crippen LogP contribution in [0.4, 0.5) is 10.5 Å². The van der Waals surface area contributed by atoms with Crippen LogP contribution in [-0.2, 0) is 4.74 Å². The first-order chi connectivity index (χ1) is 8.78. The number of benzene rings is 1. The fraction of sp³-hybridized carbons (Fsp3) is 0.400. The maximum absolute atomic E-state index is 11.4. The Bertz CT molecular complexity index is 474. The predicted molar refractivity (Wildman–Crippen MR) is 78.9 cm³/mol. The van der Waals surface area contributed by atoms with Crippen molar-refractivity contribution < 1.29 is 9.53 Å². The van der Waals surface area contributed by atoms with Crippen LogP contribution in [0.1, 0.15) is 31.9 Å². The number of aryl methyl sites for hydroxylation is 1. The molecule has 1 rings (SSSR count). The van der Waals surface area contributed by atoms with Crippen molar-refractivity contribution in [3.63, 3.8) is 0 Å². The lowest BCUT2D eigenvalue weighted by atomic mass is 10.1. The van der Waals surface area contributed by atoms with Gasteiger partial charge in [-0.1, -0.05) is 24.3 Å². The first-order valence-corrected chi connectivity index (χ1v) is 6.27. The molecule has 0 aromatic heterocycles. The second-order valence-electron chi connectivity index (χ2n) is 5.40. The van der Waals surface area contributed by atoms with E-state index in [1.807, 2.05) is 58.0 Å². The van der Waals surface area contributed by atoms with E-state index < -0.39 is 11.7 Å². The largest absolute Gasteiger partial charge is 0.444 e. The average molecular weight is 262 g/mol. The number of nitrogen functional groups attached to an aromatic ring is 1. The van der Waals surface area contributed by atoms with Crippen LogP contribution in [0.3, 0.4) is 0 Å². The van der Waals surface area contributed by atoms with Crippen molar-refractivity contribution in [1.29, 1.82) is 0 Å². The monoisotopic (exact) mass is 262 g/mol. The molecule has 4 heteroatoms. The molecule has 4 nitrogen and oxygen atoms in total. The van der Waals surface area contributed by atoms with Crippen molar-refractivity contribution in [1.82, 2.24) is 5.32 Å². The summed E-state index contributed by atoms with van der Waals surface area (Å²) >= 11 is 0. The highest BCUT2D eigenvalue weighted by atomic mass is 16.6. The van der Waals surface area contributed by atoms with Gasteiger partial charge in [0.15, 0.2) is 0 Å². The second kappa shape index (κ2) is 6.27. The van der Waals surface area contributed by atoms with Gasteiger partial charge >= 0.3 is 6.09 Å². The Hall–Kier alpha value is -1.97.